The highest BCUT2D eigenvalue weighted by Crippen LogP contribution is 2.35. The quantitative estimate of drug-likeness (QED) is 0.711. The predicted molar refractivity (Wildman–Crippen MR) is 98.4 cm³/mol. The highest BCUT2D eigenvalue weighted by Gasteiger charge is 2.29. The van der Waals surface area contributed by atoms with Crippen LogP contribution >= 0.6 is 11.3 Å². The number of carbonyl (C=O) groups excluding carboxylic acids is 1. The molecule has 1 atom stereocenters. The van der Waals surface area contributed by atoms with Gasteiger partial charge in [0.2, 0.25) is 0 Å². The lowest BCUT2D eigenvalue weighted by molar-refractivity contribution is 0.164. The lowest BCUT2D eigenvalue weighted by Crippen LogP contribution is -2.41. The number of piperidine rings is 1. The third-order valence-electron chi connectivity index (χ3n) is 4.59. The number of thiazole rings is 1. The molecule has 1 aromatic heterocycles. The molecule has 1 aliphatic rings. The average molecular weight is 337 g/mol. The molecule has 2 heterocycles. The number of aromatic nitrogens is 1. The highest BCUT2D eigenvalue weighted by molar-refractivity contribution is 7.13. The Morgan fingerprint density at radius 1 is 1.17 bits per heavy atom. The molecular formula is C19H19N3OS. The van der Waals surface area contributed by atoms with Crippen LogP contribution in [-0.4, -0.2) is 22.5 Å². The lowest BCUT2D eigenvalue weighted by atomic mass is 9.91. The van der Waals surface area contributed by atoms with Crippen molar-refractivity contribution in [2.75, 3.05) is 11.9 Å². The van der Waals surface area contributed by atoms with Gasteiger partial charge in [0.15, 0.2) is 5.13 Å². The zero-order chi connectivity index (χ0) is 16.4. The smallest absolute Gasteiger partial charge is 0.317 e. The molecule has 3 aromatic rings. The van der Waals surface area contributed by atoms with E-state index in [1.165, 1.54) is 27.7 Å². The summed E-state index contributed by atoms with van der Waals surface area (Å²) in [5, 5.41) is 7.92. The van der Waals surface area contributed by atoms with E-state index < -0.39 is 0 Å². The Morgan fingerprint density at radius 3 is 2.92 bits per heavy atom. The molecule has 0 saturated carbocycles. The number of rotatable bonds is 2. The number of likely N-dealkylation sites (tertiary alicyclic amines) is 1. The molecular weight excluding hydrogens is 318 g/mol. The van der Waals surface area contributed by atoms with Gasteiger partial charge in [-0.15, -0.1) is 11.3 Å². The van der Waals surface area contributed by atoms with Crippen LogP contribution in [0.5, 0.6) is 0 Å². The van der Waals surface area contributed by atoms with Gasteiger partial charge in [-0.05, 0) is 35.6 Å². The van der Waals surface area contributed by atoms with Crippen molar-refractivity contribution < 1.29 is 4.79 Å². The molecule has 4 rings (SSSR count). The third-order valence-corrected chi connectivity index (χ3v) is 5.28. The van der Waals surface area contributed by atoms with E-state index in [9.17, 15) is 4.79 Å². The molecule has 0 aliphatic carbocycles. The Hall–Kier alpha value is -2.40. The van der Waals surface area contributed by atoms with Gasteiger partial charge < -0.3 is 4.90 Å². The largest absolute Gasteiger partial charge is 0.324 e. The fourth-order valence-electron chi connectivity index (χ4n) is 3.49. The van der Waals surface area contributed by atoms with Crippen LogP contribution in [0.3, 0.4) is 0 Å². The van der Waals surface area contributed by atoms with Gasteiger partial charge in [-0.1, -0.05) is 42.5 Å². The maximum absolute atomic E-state index is 12.8. The summed E-state index contributed by atoms with van der Waals surface area (Å²) in [4.78, 5) is 18.9. The van der Waals surface area contributed by atoms with Gasteiger partial charge in [-0.2, -0.15) is 0 Å². The van der Waals surface area contributed by atoms with E-state index in [2.05, 4.69) is 52.8 Å². The minimum atomic E-state index is -0.0532. The predicted octanol–water partition coefficient (Wildman–Crippen LogP) is 5.06. The Bertz CT molecular complexity index is 841. The number of amides is 2. The van der Waals surface area contributed by atoms with Crippen LogP contribution in [0.4, 0.5) is 9.93 Å². The Morgan fingerprint density at radius 2 is 2.04 bits per heavy atom. The molecule has 0 spiro atoms. The van der Waals surface area contributed by atoms with E-state index in [0.717, 1.165) is 25.8 Å². The van der Waals surface area contributed by atoms with E-state index in [1.54, 1.807) is 6.20 Å². The molecule has 1 fully saturated rings. The summed E-state index contributed by atoms with van der Waals surface area (Å²) in [6, 6.07) is 14.8. The minimum Gasteiger partial charge on any atom is -0.317 e. The van der Waals surface area contributed by atoms with Crippen LogP contribution in [-0.2, 0) is 0 Å². The van der Waals surface area contributed by atoms with E-state index in [4.69, 9.17) is 0 Å². The van der Waals surface area contributed by atoms with Crippen molar-refractivity contribution in [3.63, 3.8) is 0 Å². The number of nitrogens with one attached hydrogen (secondary N) is 1. The monoisotopic (exact) mass is 337 g/mol. The summed E-state index contributed by atoms with van der Waals surface area (Å²) in [6.45, 7) is 0.783. The molecule has 2 aromatic carbocycles. The first-order valence-corrected chi connectivity index (χ1v) is 9.16. The van der Waals surface area contributed by atoms with Crippen molar-refractivity contribution in [2.45, 2.75) is 25.3 Å². The van der Waals surface area contributed by atoms with Crippen LogP contribution in [0, 0.1) is 0 Å². The van der Waals surface area contributed by atoms with Gasteiger partial charge in [0, 0.05) is 18.1 Å². The number of fused-ring (bicyclic) bond motifs is 1. The van der Waals surface area contributed by atoms with Crippen molar-refractivity contribution in [3.8, 4) is 0 Å². The fraction of sp³-hybridized carbons (Fsp3) is 0.263. The fourth-order valence-corrected chi connectivity index (χ4v) is 4.01. The second kappa shape index (κ2) is 6.61. The van der Waals surface area contributed by atoms with Crippen molar-refractivity contribution in [1.82, 2.24) is 9.88 Å². The minimum absolute atomic E-state index is 0.0532. The van der Waals surface area contributed by atoms with E-state index >= 15 is 0 Å². The normalized spacial score (nSPS) is 17.8. The summed E-state index contributed by atoms with van der Waals surface area (Å²) in [6.07, 6.45) is 4.90. The van der Waals surface area contributed by atoms with Crippen LogP contribution < -0.4 is 5.32 Å². The molecule has 0 radical (unpaired) electrons. The number of nitrogens with zero attached hydrogens (tertiary/aromatic N) is 2. The SMILES string of the molecule is O=C(Nc1nccs1)N1CCCCC1c1cccc2ccccc12. The molecule has 5 heteroatoms. The van der Waals surface area contributed by atoms with Crippen LogP contribution in [0.2, 0.25) is 0 Å². The molecule has 122 valence electrons. The molecule has 0 bridgehead atoms. The number of carbonyl (C=O) groups is 1. The van der Waals surface area contributed by atoms with E-state index in [1.807, 2.05) is 10.3 Å². The number of hydrogen-bond acceptors (Lipinski definition) is 3. The van der Waals surface area contributed by atoms with Crippen molar-refractivity contribution in [2.24, 2.45) is 0 Å². The van der Waals surface area contributed by atoms with Gasteiger partial charge in [0.25, 0.3) is 0 Å². The molecule has 24 heavy (non-hydrogen) atoms. The van der Waals surface area contributed by atoms with Crippen LogP contribution in [0.25, 0.3) is 10.8 Å². The summed E-state index contributed by atoms with van der Waals surface area (Å²) in [7, 11) is 0. The topological polar surface area (TPSA) is 45.2 Å². The maximum atomic E-state index is 12.8. The molecule has 1 N–H and O–H groups in total. The zero-order valence-electron chi connectivity index (χ0n) is 13.3. The second-order valence-electron chi connectivity index (χ2n) is 6.04. The summed E-state index contributed by atoms with van der Waals surface area (Å²) in [5.74, 6) is 0. The Balaban J connectivity index is 1.67. The molecule has 4 nitrogen and oxygen atoms in total. The summed E-state index contributed by atoms with van der Waals surface area (Å²) >= 11 is 1.45. The number of hydrogen-bond donors (Lipinski definition) is 1. The summed E-state index contributed by atoms with van der Waals surface area (Å²) in [5.41, 5.74) is 1.24. The Kier molecular flexibility index (Phi) is 4.17. The standard InChI is InChI=1S/C19H19N3OS/c23-19(21-18-20-11-13-24-18)22-12-4-3-10-17(22)16-9-5-7-14-6-1-2-8-15(14)16/h1-2,5-9,11,13,17H,3-4,10,12H2,(H,20,21,23). The first kappa shape index (κ1) is 15.1. The van der Waals surface area contributed by atoms with Gasteiger partial charge in [0.1, 0.15) is 0 Å². The van der Waals surface area contributed by atoms with Gasteiger partial charge in [-0.25, -0.2) is 9.78 Å². The van der Waals surface area contributed by atoms with Gasteiger partial charge >= 0.3 is 6.03 Å². The Labute approximate surface area is 145 Å². The molecule has 1 saturated heterocycles. The molecule has 1 aliphatic heterocycles. The highest BCUT2D eigenvalue weighted by atomic mass is 32.1. The van der Waals surface area contributed by atoms with Gasteiger partial charge in [-0.3, -0.25) is 5.32 Å². The zero-order valence-corrected chi connectivity index (χ0v) is 14.1. The molecule has 2 amide bonds. The maximum Gasteiger partial charge on any atom is 0.324 e. The number of urea groups is 1. The van der Waals surface area contributed by atoms with Crippen molar-refractivity contribution >= 4 is 33.3 Å². The number of benzene rings is 2. The van der Waals surface area contributed by atoms with Gasteiger partial charge in [0.05, 0.1) is 6.04 Å². The van der Waals surface area contributed by atoms with Crippen molar-refractivity contribution in [1.29, 1.82) is 0 Å². The molecule has 1 unspecified atom stereocenters. The second-order valence-corrected chi connectivity index (χ2v) is 6.94. The average Bonchev–Trinajstić information content (AvgIpc) is 3.14. The third kappa shape index (κ3) is 2.87. The summed E-state index contributed by atoms with van der Waals surface area (Å²) < 4.78 is 0. The van der Waals surface area contributed by atoms with Crippen LogP contribution in [0.15, 0.2) is 54.0 Å². The first-order chi connectivity index (χ1) is 11.8. The van der Waals surface area contributed by atoms with E-state index in [-0.39, 0.29) is 12.1 Å². The number of anilines is 1. The van der Waals surface area contributed by atoms with E-state index in [0.29, 0.717) is 5.13 Å². The van der Waals surface area contributed by atoms with Crippen LogP contribution in [0.1, 0.15) is 30.9 Å². The lowest BCUT2D eigenvalue weighted by Gasteiger charge is -2.36. The first-order valence-electron chi connectivity index (χ1n) is 8.28. The van der Waals surface area contributed by atoms with Crippen molar-refractivity contribution in [3.05, 3.63) is 59.6 Å².